The monoisotopic (exact) mass is 221 g/mol. The Morgan fingerprint density at radius 2 is 2.00 bits per heavy atom. The number of likely N-dealkylation sites (tertiary alicyclic amines) is 1. The molecule has 2 aliphatic rings. The standard InChI is InChI=1S/C13H23N3/c14-9-13(15)6-8-16-7-5-11-3-1-2-4-12(11)10-16/h11-13H,1-8,10,15H2. The van der Waals surface area contributed by atoms with Crippen LogP contribution >= 0.6 is 0 Å². The van der Waals surface area contributed by atoms with Crippen molar-refractivity contribution >= 4 is 0 Å². The van der Waals surface area contributed by atoms with Crippen LogP contribution in [0.2, 0.25) is 0 Å². The molecule has 3 heteroatoms. The molecule has 2 fully saturated rings. The maximum absolute atomic E-state index is 8.66. The predicted molar refractivity (Wildman–Crippen MR) is 64.7 cm³/mol. The van der Waals surface area contributed by atoms with Crippen LogP contribution in [-0.4, -0.2) is 30.6 Å². The van der Waals surface area contributed by atoms with Crippen molar-refractivity contribution in [2.75, 3.05) is 19.6 Å². The van der Waals surface area contributed by atoms with Gasteiger partial charge >= 0.3 is 0 Å². The van der Waals surface area contributed by atoms with Crippen LogP contribution in [-0.2, 0) is 0 Å². The van der Waals surface area contributed by atoms with Crippen molar-refractivity contribution < 1.29 is 0 Å². The molecule has 90 valence electrons. The minimum absolute atomic E-state index is 0.274. The predicted octanol–water partition coefficient (Wildman–Crippen LogP) is 1.74. The molecule has 16 heavy (non-hydrogen) atoms. The highest BCUT2D eigenvalue weighted by Gasteiger charge is 2.30. The molecule has 3 unspecified atom stereocenters. The second-order valence-electron chi connectivity index (χ2n) is 5.42. The number of rotatable bonds is 3. The Hall–Kier alpha value is -0.590. The van der Waals surface area contributed by atoms with Crippen molar-refractivity contribution in [2.45, 2.75) is 44.6 Å². The van der Waals surface area contributed by atoms with Gasteiger partial charge < -0.3 is 10.6 Å². The highest BCUT2D eigenvalue weighted by molar-refractivity contribution is 4.88. The van der Waals surface area contributed by atoms with Gasteiger partial charge in [-0.1, -0.05) is 19.3 Å². The minimum Gasteiger partial charge on any atom is -0.316 e. The zero-order valence-corrected chi connectivity index (χ0v) is 10.1. The molecule has 0 amide bonds. The summed E-state index contributed by atoms with van der Waals surface area (Å²) in [6, 6.07) is 1.84. The van der Waals surface area contributed by atoms with E-state index in [9.17, 15) is 0 Å². The van der Waals surface area contributed by atoms with Gasteiger partial charge in [-0.15, -0.1) is 0 Å². The lowest BCUT2D eigenvalue weighted by atomic mass is 9.75. The third-order valence-corrected chi connectivity index (χ3v) is 4.30. The summed E-state index contributed by atoms with van der Waals surface area (Å²) in [6.07, 6.45) is 7.94. The first-order chi connectivity index (χ1) is 7.79. The van der Waals surface area contributed by atoms with E-state index in [1.807, 2.05) is 0 Å². The molecule has 3 atom stereocenters. The number of hydrogen-bond donors (Lipinski definition) is 1. The van der Waals surface area contributed by atoms with Crippen LogP contribution in [0.4, 0.5) is 0 Å². The van der Waals surface area contributed by atoms with Crippen LogP contribution < -0.4 is 5.73 Å². The number of nitrogens with two attached hydrogens (primary N) is 1. The fourth-order valence-electron chi connectivity index (χ4n) is 3.27. The van der Waals surface area contributed by atoms with Crippen molar-refractivity contribution in [3.05, 3.63) is 0 Å². The Morgan fingerprint density at radius 1 is 1.25 bits per heavy atom. The summed E-state index contributed by atoms with van der Waals surface area (Å²) in [4.78, 5) is 2.52. The van der Waals surface area contributed by atoms with Gasteiger partial charge in [0.05, 0.1) is 12.1 Å². The smallest absolute Gasteiger partial charge is 0.0940 e. The third-order valence-electron chi connectivity index (χ3n) is 4.30. The Kier molecular flexibility index (Phi) is 4.20. The zero-order valence-electron chi connectivity index (χ0n) is 10.1. The molecule has 1 heterocycles. The molecule has 0 radical (unpaired) electrons. The summed E-state index contributed by atoms with van der Waals surface area (Å²) >= 11 is 0. The number of nitriles is 1. The fourth-order valence-corrected chi connectivity index (χ4v) is 3.27. The molecule has 0 bridgehead atoms. The Bertz CT molecular complexity index is 258. The quantitative estimate of drug-likeness (QED) is 0.789. The highest BCUT2D eigenvalue weighted by Crippen LogP contribution is 2.35. The molecule has 1 saturated heterocycles. The van der Waals surface area contributed by atoms with Gasteiger partial charge in [0.1, 0.15) is 0 Å². The summed E-state index contributed by atoms with van der Waals surface area (Å²) in [5.74, 6) is 1.93. The molecule has 3 nitrogen and oxygen atoms in total. The van der Waals surface area contributed by atoms with E-state index >= 15 is 0 Å². The van der Waals surface area contributed by atoms with Gasteiger partial charge in [0.2, 0.25) is 0 Å². The Labute approximate surface area is 98.6 Å². The van der Waals surface area contributed by atoms with E-state index in [4.69, 9.17) is 11.0 Å². The second kappa shape index (κ2) is 5.65. The first kappa shape index (κ1) is 11.9. The zero-order chi connectivity index (χ0) is 11.4. The number of nitrogens with zero attached hydrogens (tertiary/aromatic N) is 2. The summed E-state index contributed by atoms with van der Waals surface area (Å²) in [5, 5.41) is 8.66. The van der Waals surface area contributed by atoms with E-state index in [0.717, 1.165) is 24.8 Å². The molecule has 1 aliphatic heterocycles. The Morgan fingerprint density at radius 3 is 2.75 bits per heavy atom. The van der Waals surface area contributed by atoms with Gasteiger partial charge in [-0.05, 0) is 37.6 Å². The Balaban J connectivity index is 1.75. The fraction of sp³-hybridized carbons (Fsp3) is 0.923. The van der Waals surface area contributed by atoms with Gasteiger partial charge in [0.15, 0.2) is 0 Å². The average molecular weight is 221 g/mol. The van der Waals surface area contributed by atoms with Gasteiger partial charge in [-0.3, -0.25) is 0 Å². The number of piperidine rings is 1. The topological polar surface area (TPSA) is 53.1 Å². The van der Waals surface area contributed by atoms with E-state index in [0.29, 0.717) is 0 Å². The number of fused-ring (bicyclic) bond motifs is 1. The first-order valence-corrected chi connectivity index (χ1v) is 6.67. The SMILES string of the molecule is N#CC(N)CCN1CCC2CCCCC2C1. The molecule has 0 aromatic carbocycles. The average Bonchev–Trinajstić information content (AvgIpc) is 2.35. The van der Waals surface area contributed by atoms with Gasteiger partial charge in [0.25, 0.3) is 0 Å². The lowest BCUT2D eigenvalue weighted by molar-refractivity contribution is 0.0857. The summed E-state index contributed by atoms with van der Waals surface area (Å²) < 4.78 is 0. The molecular weight excluding hydrogens is 198 g/mol. The van der Waals surface area contributed by atoms with Crippen LogP contribution in [0.25, 0.3) is 0 Å². The molecule has 0 spiro atoms. The molecule has 1 aliphatic carbocycles. The molecule has 0 aromatic rings. The molecular formula is C13H23N3. The summed E-state index contributed by atoms with van der Waals surface area (Å²) in [6.45, 7) is 3.49. The van der Waals surface area contributed by atoms with Crippen LogP contribution in [0.1, 0.15) is 38.5 Å². The lowest BCUT2D eigenvalue weighted by Gasteiger charge is -2.41. The maximum atomic E-state index is 8.66. The minimum atomic E-state index is -0.274. The van der Waals surface area contributed by atoms with Gasteiger partial charge in [-0.2, -0.15) is 5.26 Å². The van der Waals surface area contributed by atoms with Crippen molar-refractivity contribution in [2.24, 2.45) is 17.6 Å². The van der Waals surface area contributed by atoms with Crippen LogP contribution in [0.3, 0.4) is 0 Å². The lowest BCUT2D eigenvalue weighted by Crippen LogP contribution is -2.43. The first-order valence-electron chi connectivity index (χ1n) is 6.67. The van der Waals surface area contributed by atoms with Crippen molar-refractivity contribution in [1.29, 1.82) is 5.26 Å². The van der Waals surface area contributed by atoms with Crippen molar-refractivity contribution in [1.82, 2.24) is 4.90 Å². The normalized spacial score (nSPS) is 32.8. The van der Waals surface area contributed by atoms with Gasteiger partial charge in [0, 0.05) is 13.1 Å². The van der Waals surface area contributed by atoms with Crippen LogP contribution in [0.5, 0.6) is 0 Å². The van der Waals surface area contributed by atoms with Crippen molar-refractivity contribution in [3.63, 3.8) is 0 Å². The van der Waals surface area contributed by atoms with Crippen LogP contribution in [0, 0.1) is 23.2 Å². The van der Waals surface area contributed by atoms with E-state index in [2.05, 4.69) is 11.0 Å². The molecule has 0 aromatic heterocycles. The molecule has 2 N–H and O–H groups in total. The summed E-state index contributed by atoms with van der Waals surface area (Å²) in [7, 11) is 0. The molecule has 2 rings (SSSR count). The van der Waals surface area contributed by atoms with E-state index in [1.165, 1.54) is 45.2 Å². The van der Waals surface area contributed by atoms with Crippen molar-refractivity contribution in [3.8, 4) is 6.07 Å². The van der Waals surface area contributed by atoms with E-state index in [-0.39, 0.29) is 6.04 Å². The van der Waals surface area contributed by atoms with E-state index < -0.39 is 0 Å². The highest BCUT2D eigenvalue weighted by atomic mass is 15.1. The molecule has 1 saturated carbocycles. The summed E-state index contributed by atoms with van der Waals surface area (Å²) in [5.41, 5.74) is 5.63. The van der Waals surface area contributed by atoms with Crippen LogP contribution in [0.15, 0.2) is 0 Å². The maximum Gasteiger partial charge on any atom is 0.0940 e. The second-order valence-corrected chi connectivity index (χ2v) is 5.42. The van der Waals surface area contributed by atoms with E-state index in [1.54, 1.807) is 0 Å². The van der Waals surface area contributed by atoms with Gasteiger partial charge in [-0.25, -0.2) is 0 Å². The number of hydrogen-bond acceptors (Lipinski definition) is 3. The largest absolute Gasteiger partial charge is 0.316 e. The third kappa shape index (κ3) is 2.96.